The van der Waals surface area contributed by atoms with E-state index in [0.29, 0.717) is 43.2 Å². The molecule has 40 heavy (non-hydrogen) atoms. The summed E-state index contributed by atoms with van der Waals surface area (Å²) in [5.41, 5.74) is 1.63. The molecule has 0 radical (unpaired) electrons. The van der Waals surface area contributed by atoms with E-state index in [1.807, 2.05) is 24.3 Å². The number of aliphatic hydroxyl groups excluding tert-OH is 1. The fourth-order valence-electron chi connectivity index (χ4n) is 5.05. The lowest BCUT2D eigenvalue weighted by molar-refractivity contribution is -0.389. The quantitative estimate of drug-likeness (QED) is 0.278. The number of halogens is 3. The highest BCUT2D eigenvalue weighted by molar-refractivity contribution is 5.49. The summed E-state index contributed by atoms with van der Waals surface area (Å²) in [6.07, 6.45) is -1.42. The molecule has 2 atom stereocenters. The van der Waals surface area contributed by atoms with Crippen molar-refractivity contribution in [3.63, 3.8) is 0 Å². The molecular formula is C27H29F3N4O6. The van der Waals surface area contributed by atoms with Gasteiger partial charge < -0.3 is 34.3 Å². The third-order valence-corrected chi connectivity index (χ3v) is 7.19. The second-order valence-corrected chi connectivity index (χ2v) is 9.96. The summed E-state index contributed by atoms with van der Waals surface area (Å²) in [6.45, 7) is 2.51. The summed E-state index contributed by atoms with van der Waals surface area (Å²) < 4.78 is 54.2. The van der Waals surface area contributed by atoms with Gasteiger partial charge >= 0.3 is 18.2 Å². The van der Waals surface area contributed by atoms with E-state index in [0.717, 1.165) is 31.6 Å². The first-order valence-corrected chi connectivity index (χ1v) is 13.0. The Bertz CT molecular complexity index is 1290. The molecule has 0 spiro atoms. The second-order valence-electron chi connectivity index (χ2n) is 9.96. The third-order valence-electron chi connectivity index (χ3n) is 7.19. The van der Waals surface area contributed by atoms with Crippen LogP contribution in [0.3, 0.4) is 0 Å². The highest BCUT2D eigenvalue weighted by Gasteiger charge is 2.31. The van der Waals surface area contributed by atoms with Crippen LogP contribution in [0.5, 0.6) is 17.5 Å². The molecule has 3 heterocycles. The Morgan fingerprint density at radius 3 is 2.38 bits per heavy atom. The molecule has 1 saturated heterocycles. The van der Waals surface area contributed by atoms with Crippen molar-refractivity contribution in [1.82, 2.24) is 9.55 Å². The van der Waals surface area contributed by atoms with Crippen molar-refractivity contribution in [3.05, 3.63) is 70.4 Å². The number of alkyl halides is 3. The Morgan fingerprint density at radius 2 is 1.73 bits per heavy atom. The summed E-state index contributed by atoms with van der Waals surface area (Å²) in [5.74, 6) is 0.446. The number of aryl methyl sites for hydroxylation is 1. The van der Waals surface area contributed by atoms with Gasteiger partial charge in [0.2, 0.25) is 0 Å². The maximum Gasteiger partial charge on any atom is 0.573 e. The smallest absolute Gasteiger partial charge is 0.490 e. The van der Waals surface area contributed by atoms with Crippen LogP contribution in [0.2, 0.25) is 0 Å². The van der Waals surface area contributed by atoms with Gasteiger partial charge in [0.15, 0.2) is 0 Å². The number of piperidine rings is 1. The molecule has 0 bridgehead atoms. The molecular weight excluding hydrogens is 533 g/mol. The van der Waals surface area contributed by atoms with E-state index in [1.165, 1.54) is 30.5 Å². The van der Waals surface area contributed by atoms with Crippen molar-refractivity contribution in [2.24, 2.45) is 5.92 Å². The van der Waals surface area contributed by atoms with Crippen LogP contribution in [0.4, 0.5) is 24.7 Å². The van der Waals surface area contributed by atoms with Crippen molar-refractivity contribution in [3.8, 4) is 17.5 Å². The van der Waals surface area contributed by atoms with E-state index in [-0.39, 0.29) is 23.7 Å². The largest absolute Gasteiger partial charge is 0.573 e. The molecule has 2 unspecified atom stereocenters. The molecule has 13 heteroatoms. The van der Waals surface area contributed by atoms with E-state index in [2.05, 4.69) is 14.6 Å². The summed E-state index contributed by atoms with van der Waals surface area (Å²) in [7, 11) is 0. The van der Waals surface area contributed by atoms with E-state index < -0.39 is 17.4 Å². The molecule has 0 aliphatic carbocycles. The summed E-state index contributed by atoms with van der Waals surface area (Å²) in [5, 5.41) is 21.5. The molecule has 0 saturated carbocycles. The number of benzene rings is 2. The fourth-order valence-corrected chi connectivity index (χ4v) is 5.05. The van der Waals surface area contributed by atoms with Gasteiger partial charge in [-0.25, -0.2) is 0 Å². The molecule has 2 aliphatic heterocycles. The fraction of sp³-hybridized carbons (Fsp3) is 0.444. The first-order chi connectivity index (χ1) is 19.1. The number of ether oxygens (including phenoxy) is 3. The number of rotatable bonds is 9. The minimum absolute atomic E-state index is 0.228. The van der Waals surface area contributed by atoms with Gasteiger partial charge in [0, 0.05) is 36.7 Å². The van der Waals surface area contributed by atoms with Crippen LogP contribution in [0, 0.1) is 16.0 Å². The number of fused-ring (bicyclic) bond motifs is 1. The molecule has 2 aliphatic rings. The molecule has 0 amide bonds. The van der Waals surface area contributed by atoms with Crippen molar-refractivity contribution < 1.29 is 37.4 Å². The van der Waals surface area contributed by atoms with Gasteiger partial charge in [-0.05, 0) is 72.1 Å². The van der Waals surface area contributed by atoms with Crippen LogP contribution < -0.4 is 19.1 Å². The van der Waals surface area contributed by atoms with Gasteiger partial charge in [0.05, 0.1) is 6.10 Å². The first-order valence-electron chi connectivity index (χ1n) is 13.0. The predicted molar refractivity (Wildman–Crippen MR) is 137 cm³/mol. The van der Waals surface area contributed by atoms with E-state index in [4.69, 9.17) is 9.47 Å². The maximum absolute atomic E-state index is 12.3. The Balaban J connectivity index is 1.05. The van der Waals surface area contributed by atoms with E-state index in [1.54, 1.807) is 4.57 Å². The number of hydrogen-bond donors (Lipinski definition) is 1. The number of imidazole rings is 1. The van der Waals surface area contributed by atoms with Gasteiger partial charge in [-0.2, -0.15) is 0 Å². The predicted octanol–water partition coefficient (Wildman–Crippen LogP) is 5.26. The van der Waals surface area contributed by atoms with Crippen LogP contribution in [0.1, 0.15) is 37.4 Å². The van der Waals surface area contributed by atoms with Gasteiger partial charge in [-0.3, -0.25) is 4.57 Å². The van der Waals surface area contributed by atoms with Gasteiger partial charge in [-0.1, -0.05) is 12.1 Å². The van der Waals surface area contributed by atoms with Gasteiger partial charge in [0.25, 0.3) is 0 Å². The van der Waals surface area contributed by atoms with Crippen molar-refractivity contribution in [2.45, 2.75) is 50.8 Å². The van der Waals surface area contributed by atoms with E-state index >= 15 is 0 Å². The Morgan fingerprint density at radius 1 is 1.05 bits per heavy atom. The van der Waals surface area contributed by atoms with Crippen LogP contribution in [-0.2, 0) is 6.54 Å². The molecule has 1 aromatic heterocycles. The number of aliphatic hydroxyl groups is 1. The average Bonchev–Trinajstić information content (AvgIpc) is 3.36. The lowest BCUT2D eigenvalue weighted by atomic mass is 9.89. The number of nitro groups is 1. The van der Waals surface area contributed by atoms with Crippen LogP contribution >= 0.6 is 0 Å². The van der Waals surface area contributed by atoms with Crippen molar-refractivity contribution in [2.75, 3.05) is 24.6 Å². The maximum atomic E-state index is 12.3. The molecule has 2 aromatic carbocycles. The van der Waals surface area contributed by atoms with Crippen LogP contribution in [0.15, 0.2) is 54.7 Å². The van der Waals surface area contributed by atoms with Crippen LogP contribution in [0.25, 0.3) is 0 Å². The standard InChI is InChI=1S/C27H29F3N4O6/c28-27(29,30)40-22-5-1-19(2-6-22)24(35)15-18-9-12-32(13-10-18)20-3-7-21(8-4-20)38-17-23-11-14-33-16-25(34(36)37)31-26(33)39-23/h1-8,16,18,23-24,35H,9-15,17H2. The molecule has 3 aromatic rings. The first kappa shape index (κ1) is 27.6. The zero-order valence-electron chi connectivity index (χ0n) is 21.5. The normalized spacial score (nSPS) is 18.5. The number of aromatic nitrogens is 2. The highest BCUT2D eigenvalue weighted by atomic mass is 19.4. The lowest BCUT2D eigenvalue weighted by Crippen LogP contribution is -2.34. The SMILES string of the molecule is O=[N+]([O-])c1cn2c(n1)OC(COc1ccc(N3CCC(CC(O)c4ccc(OC(F)(F)F)cc4)CC3)cc1)CC2. The van der Waals surface area contributed by atoms with Gasteiger partial charge in [-0.15, -0.1) is 13.2 Å². The topological polar surface area (TPSA) is 112 Å². The van der Waals surface area contributed by atoms with Crippen molar-refractivity contribution in [1.29, 1.82) is 0 Å². The zero-order valence-corrected chi connectivity index (χ0v) is 21.5. The molecule has 1 N–H and O–H groups in total. The monoisotopic (exact) mass is 562 g/mol. The zero-order chi connectivity index (χ0) is 28.3. The Hall–Kier alpha value is -4.00. The molecule has 5 rings (SSSR count). The summed E-state index contributed by atoms with van der Waals surface area (Å²) >= 11 is 0. The second kappa shape index (κ2) is 11.6. The summed E-state index contributed by atoms with van der Waals surface area (Å²) in [6, 6.07) is 13.4. The minimum Gasteiger partial charge on any atom is -0.490 e. The van der Waals surface area contributed by atoms with Crippen LogP contribution in [-0.4, -0.2) is 51.7 Å². The van der Waals surface area contributed by atoms with Gasteiger partial charge in [0.1, 0.15) is 30.4 Å². The Kier molecular flexibility index (Phi) is 8.01. The van der Waals surface area contributed by atoms with E-state index in [9.17, 15) is 28.4 Å². The molecule has 10 nitrogen and oxygen atoms in total. The summed E-state index contributed by atoms with van der Waals surface area (Å²) in [4.78, 5) is 16.5. The number of anilines is 1. The number of hydrogen-bond acceptors (Lipinski definition) is 8. The highest BCUT2D eigenvalue weighted by Crippen LogP contribution is 2.32. The minimum atomic E-state index is -4.74. The average molecular weight is 563 g/mol. The lowest BCUT2D eigenvalue weighted by Gasteiger charge is -2.34. The van der Waals surface area contributed by atoms with Crippen molar-refractivity contribution >= 4 is 11.5 Å². The molecule has 1 fully saturated rings. The molecule has 214 valence electrons. The third kappa shape index (κ3) is 6.95. The number of nitrogens with zero attached hydrogens (tertiary/aromatic N) is 4. The Labute approximate surface area is 228 Å².